The smallest absolute Gasteiger partial charge is 0.122 e. The fraction of sp³-hybridized carbons (Fsp3) is 0.417. The largest absolute Gasteiger partial charge is 0.496 e. The predicted octanol–water partition coefficient (Wildman–Crippen LogP) is 1.93. The first-order valence-electron chi connectivity index (χ1n) is 4.90. The van der Waals surface area contributed by atoms with Gasteiger partial charge in [0.1, 0.15) is 5.75 Å². The van der Waals surface area contributed by atoms with Crippen LogP contribution in [0.15, 0.2) is 12.1 Å². The molecule has 3 nitrogen and oxygen atoms in total. The van der Waals surface area contributed by atoms with E-state index >= 15 is 0 Å². The molecule has 0 aliphatic heterocycles. The summed E-state index contributed by atoms with van der Waals surface area (Å²) in [4.78, 5) is 0. The molecular weight excluding hydrogens is 188 g/mol. The van der Waals surface area contributed by atoms with E-state index in [0.717, 1.165) is 17.9 Å². The van der Waals surface area contributed by atoms with Crippen LogP contribution in [0.1, 0.15) is 16.7 Å². The third-order valence-electron chi connectivity index (χ3n) is 2.37. The summed E-state index contributed by atoms with van der Waals surface area (Å²) in [5.74, 6) is 0.913. The van der Waals surface area contributed by atoms with Crippen LogP contribution in [0.2, 0.25) is 0 Å². The third kappa shape index (κ3) is 2.97. The van der Waals surface area contributed by atoms with Gasteiger partial charge < -0.3 is 10.1 Å². The molecule has 0 radical (unpaired) electrons. The fourth-order valence-electron chi connectivity index (χ4n) is 1.51. The van der Waals surface area contributed by atoms with Crippen LogP contribution < -0.4 is 10.1 Å². The molecule has 80 valence electrons. The zero-order valence-electron chi connectivity index (χ0n) is 9.42. The summed E-state index contributed by atoms with van der Waals surface area (Å²) in [5, 5.41) is 11.5. The Labute approximate surface area is 90.7 Å². The number of ether oxygens (including phenoxy) is 1. The van der Waals surface area contributed by atoms with E-state index in [4.69, 9.17) is 10.00 Å². The third-order valence-corrected chi connectivity index (χ3v) is 2.37. The van der Waals surface area contributed by atoms with Crippen LogP contribution in [0, 0.1) is 25.2 Å². The van der Waals surface area contributed by atoms with Crippen molar-refractivity contribution in [2.45, 2.75) is 20.4 Å². The van der Waals surface area contributed by atoms with Gasteiger partial charge >= 0.3 is 0 Å². The average Bonchev–Trinajstić information content (AvgIpc) is 2.23. The van der Waals surface area contributed by atoms with Gasteiger partial charge in [-0.3, -0.25) is 0 Å². The molecule has 0 amide bonds. The first kappa shape index (κ1) is 11.5. The molecule has 1 rings (SSSR count). The topological polar surface area (TPSA) is 45.0 Å². The number of methoxy groups -OCH3 is 1. The second kappa shape index (κ2) is 5.38. The number of benzene rings is 1. The van der Waals surface area contributed by atoms with Gasteiger partial charge in [-0.15, -0.1) is 0 Å². The van der Waals surface area contributed by atoms with Gasteiger partial charge in [0.2, 0.25) is 0 Å². The Hall–Kier alpha value is -1.53. The molecule has 0 aromatic heterocycles. The molecule has 0 spiro atoms. The molecule has 0 heterocycles. The van der Waals surface area contributed by atoms with E-state index in [9.17, 15) is 0 Å². The average molecular weight is 204 g/mol. The molecule has 0 bridgehead atoms. The molecule has 1 aromatic carbocycles. The Kier molecular flexibility index (Phi) is 4.14. The maximum absolute atomic E-state index is 8.42. The first-order valence-corrected chi connectivity index (χ1v) is 4.90. The summed E-state index contributed by atoms with van der Waals surface area (Å²) in [6.07, 6.45) is 0. The second-order valence-electron chi connectivity index (χ2n) is 3.51. The van der Waals surface area contributed by atoms with Gasteiger partial charge in [0, 0.05) is 6.54 Å². The molecule has 0 saturated heterocycles. The normalized spacial score (nSPS) is 9.73. The van der Waals surface area contributed by atoms with E-state index in [0.29, 0.717) is 6.54 Å². The molecule has 0 aliphatic carbocycles. The zero-order chi connectivity index (χ0) is 11.3. The highest BCUT2D eigenvalue weighted by Crippen LogP contribution is 2.22. The Morgan fingerprint density at radius 3 is 2.67 bits per heavy atom. The number of nitriles is 1. The van der Waals surface area contributed by atoms with Gasteiger partial charge in [-0.05, 0) is 36.6 Å². The fourth-order valence-corrected chi connectivity index (χ4v) is 1.51. The minimum Gasteiger partial charge on any atom is -0.496 e. The number of hydrogen-bond acceptors (Lipinski definition) is 3. The molecular formula is C12H16N2O. The summed E-state index contributed by atoms with van der Waals surface area (Å²) in [7, 11) is 1.68. The molecule has 1 N–H and O–H groups in total. The summed E-state index contributed by atoms with van der Waals surface area (Å²) in [6, 6.07) is 6.18. The number of nitrogens with zero attached hydrogens (tertiary/aromatic N) is 1. The minimum atomic E-state index is 0.379. The molecule has 15 heavy (non-hydrogen) atoms. The van der Waals surface area contributed by atoms with Crippen LogP contribution in [-0.4, -0.2) is 13.7 Å². The molecule has 0 aliphatic rings. The van der Waals surface area contributed by atoms with Crippen LogP contribution in [0.5, 0.6) is 5.75 Å². The quantitative estimate of drug-likeness (QED) is 0.602. The summed E-state index contributed by atoms with van der Waals surface area (Å²) in [6.45, 7) is 5.17. The highest BCUT2D eigenvalue weighted by Gasteiger charge is 2.03. The van der Waals surface area contributed by atoms with Crippen molar-refractivity contribution in [1.29, 1.82) is 5.26 Å². The maximum Gasteiger partial charge on any atom is 0.122 e. The van der Waals surface area contributed by atoms with E-state index in [1.54, 1.807) is 7.11 Å². The van der Waals surface area contributed by atoms with E-state index in [2.05, 4.69) is 17.5 Å². The minimum absolute atomic E-state index is 0.379. The van der Waals surface area contributed by atoms with Crippen molar-refractivity contribution in [3.63, 3.8) is 0 Å². The van der Waals surface area contributed by atoms with Crippen molar-refractivity contribution < 1.29 is 4.74 Å². The van der Waals surface area contributed by atoms with Crippen molar-refractivity contribution in [2.75, 3.05) is 13.7 Å². The lowest BCUT2D eigenvalue weighted by atomic mass is 10.0. The van der Waals surface area contributed by atoms with E-state index in [1.807, 2.05) is 19.9 Å². The first-order chi connectivity index (χ1) is 7.19. The van der Waals surface area contributed by atoms with Crippen LogP contribution in [-0.2, 0) is 6.54 Å². The van der Waals surface area contributed by atoms with Crippen LogP contribution in [0.3, 0.4) is 0 Å². The second-order valence-corrected chi connectivity index (χ2v) is 3.51. The summed E-state index contributed by atoms with van der Waals surface area (Å²) >= 11 is 0. The Bertz CT molecular complexity index is 380. The van der Waals surface area contributed by atoms with Gasteiger partial charge in [-0.1, -0.05) is 6.07 Å². The lowest BCUT2D eigenvalue weighted by Crippen LogP contribution is -2.14. The monoisotopic (exact) mass is 204 g/mol. The van der Waals surface area contributed by atoms with Gasteiger partial charge in [0.05, 0.1) is 19.7 Å². The molecule has 0 saturated carbocycles. The summed E-state index contributed by atoms with van der Waals surface area (Å²) in [5.41, 5.74) is 3.52. The van der Waals surface area contributed by atoms with Gasteiger partial charge in [-0.25, -0.2) is 0 Å². The molecule has 0 atom stereocenters. The molecule has 0 fully saturated rings. The standard InChI is InChI=1S/C12H16N2O/c1-9-7-12(15-3)10(2)6-11(9)8-14-5-4-13/h6-7,14H,5,8H2,1-3H3. The molecule has 0 unspecified atom stereocenters. The molecule has 3 heteroatoms. The highest BCUT2D eigenvalue weighted by molar-refractivity contribution is 5.41. The van der Waals surface area contributed by atoms with Crippen molar-refractivity contribution in [1.82, 2.24) is 5.32 Å². The van der Waals surface area contributed by atoms with Gasteiger partial charge in [-0.2, -0.15) is 5.26 Å². The lowest BCUT2D eigenvalue weighted by Gasteiger charge is -2.11. The number of rotatable bonds is 4. The highest BCUT2D eigenvalue weighted by atomic mass is 16.5. The van der Waals surface area contributed by atoms with Crippen molar-refractivity contribution in [3.05, 3.63) is 28.8 Å². The van der Waals surface area contributed by atoms with Crippen molar-refractivity contribution >= 4 is 0 Å². The SMILES string of the molecule is COc1cc(C)c(CNCC#N)cc1C. The van der Waals surface area contributed by atoms with E-state index in [-0.39, 0.29) is 0 Å². The van der Waals surface area contributed by atoms with E-state index < -0.39 is 0 Å². The predicted molar refractivity (Wildman–Crippen MR) is 59.8 cm³/mol. The van der Waals surface area contributed by atoms with Crippen LogP contribution in [0.4, 0.5) is 0 Å². The van der Waals surface area contributed by atoms with Crippen molar-refractivity contribution in [2.24, 2.45) is 0 Å². The van der Waals surface area contributed by atoms with Crippen LogP contribution in [0.25, 0.3) is 0 Å². The van der Waals surface area contributed by atoms with Gasteiger partial charge in [0.15, 0.2) is 0 Å². The van der Waals surface area contributed by atoms with Crippen molar-refractivity contribution in [3.8, 4) is 11.8 Å². The van der Waals surface area contributed by atoms with E-state index in [1.165, 1.54) is 11.1 Å². The van der Waals surface area contributed by atoms with Crippen LogP contribution >= 0.6 is 0 Å². The number of nitrogens with one attached hydrogen (secondary N) is 1. The summed E-state index contributed by atoms with van der Waals surface area (Å²) < 4.78 is 5.23. The maximum atomic E-state index is 8.42. The Morgan fingerprint density at radius 1 is 1.33 bits per heavy atom. The number of aryl methyl sites for hydroxylation is 2. The Balaban J connectivity index is 2.81. The zero-order valence-corrected chi connectivity index (χ0v) is 9.42. The Morgan fingerprint density at radius 2 is 2.07 bits per heavy atom. The molecule has 1 aromatic rings. The number of hydrogen-bond donors (Lipinski definition) is 1. The lowest BCUT2D eigenvalue weighted by molar-refractivity contribution is 0.411. The van der Waals surface area contributed by atoms with Gasteiger partial charge in [0.25, 0.3) is 0 Å².